The smallest absolute Gasteiger partial charge is 0.261 e. The zero-order chi connectivity index (χ0) is 16.1. The molecule has 0 saturated heterocycles. The van der Waals surface area contributed by atoms with Crippen LogP contribution in [0.5, 0.6) is 0 Å². The van der Waals surface area contributed by atoms with Crippen LogP contribution in [-0.2, 0) is 4.79 Å². The van der Waals surface area contributed by atoms with Gasteiger partial charge in [-0.25, -0.2) is 5.43 Å². The largest absolute Gasteiger partial charge is 0.292 e. The Kier molecular flexibility index (Phi) is 5.27. The Balaban J connectivity index is 1.89. The first-order valence-electron chi connectivity index (χ1n) is 7.54. The van der Waals surface area contributed by atoms with Crippen molar-refractivity contribution in [1.29, 1.82) is 0 Å². The number of nitrogens with zero attached hydrogens (tertiary/aromatic N) is 1. The van der Waals surface area contributed by atoms with Crippen LogP contribution >= 0.6 is 0 Å². The molecule has 1 aromatic rings. The second kappa shape index (κ2) is 7.17. The second-order valence-electron chi connectivity index (χ2n) is 5.41. The lowest BCUT2D eigenvalue weighted by Crippen LogP contribution is -2.48. The first kappa shape index (κ1) is 16.2. The average Bonchev–Trinajstić information content (AvgIpc) is 2.77. The highest BCUT2D eigenvalue weighted by molar-refractivity contribution is 6.21. The highest BCUT2D eigenvalue weighted by Crippen LogP contribution is 2.23. The zero-order valence-electron chi connectivity index (χ0n) is 12.9. The Morgan fingerprint density at radius 1 is 1.18 bits per heavy atom. The van der Waals surface area contributed by atoms with Crippen molar-refractivity contribution in [3.8, 4) is 0 Å². The molecule has 6 heteroatoms. The van der Waals surface area contributed by atoms with E-state index in [0.717, 1.165) is 12.8 Å². The summed E-state index contributed by atoms with van der Waals surface area (Å²) in [5.74, 6) is -0.657. The summed E-state index contributed by atoms with van der Waals surface area (Å²) in [4.78, 5) is 37.3. The van der Waals surface area contributed by atoms with Gasteiger partial charge in [-0.05, 0) is 25.5 Å². The van der Waals surface area contributed by atoms with E-state index >= 15 is 0 Å². The number of nitrogens with one attached hydrogen (secondary N) is 2. The molecule has 22 heavy (non-hydrogen) atoms. The molecule has 3 amide bonds. The lowest BCUT2D eigenvalue weighted by atomic mass is 10.1. The third-order valence-corrected chi connectivity index (χ3v) is 3.65. The number of imide groups is 1. The van der Waals surface area contributed by atoms with E-state index in [0.29, 0.717) is 24.1 Å². The topological polar surface area (TPSA) is 78.5 Å². The maximum absolute atomic E-state index is 12.3. The number of hydrogen-bond donors (Lipinski definition) is 2. The maximum atomic E-state index is 12.3. The van der Waals surface area contributed by atoms with Crippen LogP contribution in [-0.4, -0.2) is 35.2 Å². The Morgan fingerprint density at radius 2 is 1.77 bits per heavy atom. The fourth-order valence-corrected chi connectivity index (χ4v) is 2.40. The Labute approximate surface area is 129 Å². The molecule has 0 bridgehead atoms. The Morgan fingerprint density at radius 3 is 2.32 bits per heavy atom. The van der Waals surface area contributed by atoms with Gasteiger partial charge in [-0.2, -0.15) is 0 Å². The second-order valence-corrected chi connectivity index (χ2v) is 5.41. The monoisotopic (exact) mass is 303 g/mol. The van der Waals surface area contributed by atoms with Crippen LogP contribution in [0.25, 0.3) is 0 Å². The zero-order valence-corrected chi connectivity index (χ0v) is 12.9. The quantitative estimate of drug-likeness (QED) is 0.591. The normalized spacial score (nSPS) is 14.9. The van der Waals surface area contributed by atoms with Crippen molar-refractivity contribution in [2.75, 3.05) is 6.54 Å². The number of benzene rings is 1. The fraction of sp³-hybridized carbons (Fsp3) is 0.438. The van der Waals surface area contributed by atoms with E-state index in [9.17, 15) is 14.4 Å². The molecule has 2 N–H and O–H groups in total. The number of unbranched alkanes of at least 4 members (excludes halogenated alkanes) is 1. The molecule has 0 saturated carbocycles. The van der Waals surface area contributed by atoms with Crippen molar-refractivity contribution in [1.82, 2.24) is 15.8 Å². The van der Waals surface area contributed by atoms with Crippen molar-refractivity contribution in [3.05, 3.63) is 35.4 Å². The molecule has 1 heterocycles. The summed E-state index contributed by atoms with van der Waals surface area (Å²) >= 11 is 0. The molecule has 0 unspecified atom stereocenters. The lowest BCUT2D eigenvalue weighted by molar-refractivity contribution is -0.122. The lowest BCUT2D eigenvalue weighted by Gasteiger charge is -2.22. The molecule has 1 aromatic carbocycles. The number of carbonyl (C=O) groups is 3. The Hall–Kier alpha value is -2.21. The van der Waals surface area contributed by atoms with E-state index in [1.807, 2.05) is 6.92 Å². The van der Waals surface area contributed by atoms with E-state index in [1.54, 1.807) is 31.2 Å². The summed E-state index contributed by atoms with van der Waals surface area (Å²) in [6.45, 7) is 4.10. The minimum atomic E-state index is -0.348. The maximum Gasteiger partial charge on any atom is 0.261 e. The van der Waals surface area contributed by atoms with Crippen molar-refractivity contribution in [2.45, 2.75) is 39.2 Å². The van der Waals surface area contributed by atoms with Crippen LogP contribution in [0, 0.1) is 0 Å². The molecule has 118 valence electrons. The summed E-state index contributed by atoms with van der Waals surface area (Å²) in [5.41, 5.74) is 6.25. The summed E-state index contributed by atoms with van der Waals surface area (Å²) < 4.78 is 0. The van der Waals surface area contributed by atoms with Gasteiger partial charge in [-0.3, -0.25) is 24.7 Å². The van der Waals surface area contributed by atoms with Crippen LogP contribution in [0.4, 0.5) is 0 Å². The van der Waals surface area contributed by atoms with Gasteiger partial charge in [0.2, 0.25) is 5.91 Å². The van der Waals surface area contributed by atoms with Gasteiger partial charge in [0.05, 0.1) is 17.2 Å². The number of hydrogen-bond acceptors (Lipinski definition) is 4. The summed E-state index contributed by atoms with van der Waals surface area (Å²) in [6, 6.07) is 6.44. The van der Waals surface area contributed by atoms with E-state index in [1.165, 1.54) is 4.90 Å². The first-order valence-corrected chi connectivity index (χ1v) is 7.54. The minimum Gasteiger partial charge on any atom is -0.292 e. The van der Waals surface area contributed by atoms with Crippen LogP contribution in [0.1, 0.15) is 53.8 Å². The predicted octanol–water partition coefficient (Wildman–Crippen LogP) is 1.48. The van der Waals surface area contributed by atoms with Crippen molar-refractivity contribution >= 4 is 17.7 Å². The molecular weight excluding hydrogens is 282 g/mol. The highest BCUT2D eigenvalue weighted by atomic mass is 16.2. The van der Waals surface area contributed by atoms with E-state index in [4.69, 9.17) is 0 Å². The van der Waals surface area contributed by atoms with Gasteiger partial charge in [0, 0.05) is 13.0 Å². The molecule has 6 nitrogen and oxygen atoms in total. The van der Waals surface area contributed by atoms with Crippen molar-refractivity contribution < 1.29 is 14.4 Å². The van der Waals surface area contributed by atoms with Gasteiger partial charge in [0.25, 0.3) is 11.8 Å². The number of rotatable bonds is 7. The third kappa shape index (κ3) is 3.33. The van der Waals surface area contributed by atoms with Gasteiger partial charge >= 0.3 is 0 Å². The van der Waals surface area contributed by atoms with E-state index in [-0.39, 0.29) is 23.8 Å². The number of carbonyl (C=O) groups excluding carboxylic acids is 3. The van der Waals surface area contributed by atoms with Gasteiger partial charge < -0.3 is 0 Å². The number of hydrazine groups is 1. The van der Waals surface area contributed by atoms with E-state index < -0.39 is 0 Å². The van der Waals surface area contributed by atoms with Gasteiger partial charge in [0.1, 0.15) is 0 Å². The molecular formula is C16H21N3O3. The molecule has 1 aliphatic heterocycles. The number of fused-ring (bicyclic) bond motifs is 1. The Bertz CT molecular complexity index is 551. The summed E-state index contributed by atoms with van der Waals surface area (Å²) in [6.07, 6.45) is 2.26. The molecule has 0 aromatic heterocycles. The molecule has 0 radical (unpaired) electrons. The van der Waals surface area contributed by atoms with Crippen LogP contribution in [0.3, 0.4) is 0 Å². The van der Waals surface area contributed by atoms with Crippen molar-refractivity contribution in [3.63, 3.8) is 0 Å². The van der Waals surface area contributed by atoms with Crippen LogP contribution in [0.2, 0.25) is 0 Å². The van der Waals surface area contributed by atoms with Gasteiger partial charge in [0.15, 0.2) is 0 Å². The van der Waals surface area contributed by atoms with Gasteiger partial charge in [-0.1, -0.05) is 25.5 Å². The molecule has 1 atom stereocenters. The number of amides is 3. The van der Waals surface area contributed by atoms with Crippen LogP contribution < -0.4 is 10.9 Å². The van der Waals surface area contributed by atoms with E-state index in [2.05, 4.69) is 10.9 Å². The molecule has 2 rings (SSSR count). The fourth-order valence-electron chi connectivity index (χ4n) is 2.40. The van der Waals surface area contributed by atoms with Gasteiger partial charge in [-0.15, -0.1) is 0 Å². The summed E-state index contributed by atoms with van der Waals surface area (Å²) in [5, 5.41) is 0. The molecule has 0 spiro atoms. The molecule has 0 aliphatic carbocycles. The molecule has 1 aliphatic rings. The highest BCUT2D eigenvalue weighted by Gasteiger charge is 2.37. The summed E-state index contributed by atoms with van der Waals surface area (Å²) in [7, 11) is 0. The van der Waals surface area contributed by atoms with Crippen LogP contribution in [0.15, 0.2) is 24.3 Å². The third-order valence-electron chi connectivity index (χ3n) is 3.65. The SMILES string of the molecule is CCCCC(=O)NNC[C@@H](C)N1C(=O)c2ccccc2C1=O. The minimum absolute atomic E-state index is 0.0867. The standard InChI is InChI=1S/C16H21N3O3/c1-3-4-9-14(20)18-17-10-11(2)19-15(21)12-7-5-6-8-13(12)16(19)22/h5-8,11,17H,3-4,9-10H2,1-2H3,(H,18,20)/t11-/m1/s1. The predicted molar refractivity (Wildman–Crippen MR) is 82.1 cm³/mol. The van der Waals surface area contributed by atoms with Crippen molar-refractivity contribution in [2.24, 2.45) is 0 Å². The molecule has 0 fully saturated rings. The first-order chi connectivity index (χ1) is 10.6. The average molecular weight is 303 g/mol.